The average molecular weight is 221 g/mol. The number of nitrogens with zero attached hydrogens (tertiary/aromatic N) is 2. The van der Waals surface area contributed by atoms with Gasteiger partial charge in [-0.3, -0.25) is 25.0 Å². The number of hydrogen-bond donors (Lipinski definition) is 2. The normalized spacial score (nSPS) is 10.8. The number of rotatable bonds is 6. The number of hydrogen-bond acceptors (Lipinski definition) is 6. The van der Waals surface area contributed by atoms with E-state index in [0.717, 1.165) is 0 Å². The van der Waals surface area contributed by atoms with E-state index in [2.05, 4.69) is 5.32 Å². The van der Waals surface area contributed by atoms with Gasteiger partial charge in [0.1, 0.15) is 16.3 Å². The molecule has 0 unspecified atom stereocenters. The molecule has 15 heavy (non-hydrogen) atoms. The third-order valence-corrected chi connectivity index (χ3v) is 1.83. The van der Waals surface area contributed by atoms with Crippen LogP contribution in [0.3, 0.4) is 0 Å². The van der Waals surface area contributed by atoms with Crippen LogP contribution in [0.2, 0.25) is 0 Å². The molecule has 86 valence electrons. The number of carbonyl (C=O) groups is 1. The molecule has 1 amide bonds. The Morgan fingerprint density at radius 2 is 1.87 bits per heavy atom. The predicted octanol–water partition coefficient (Wildman–Crippen LogP) is -1.25. The van der Waals surface area contributed by atoms with E-state index >= 15 is 0 Å². The summed E-state index contributed by atoms with van der Waals surface area (Å²) >= 11 is 0. The van der Waals surface area contributed by atoms with E-state index in [4.69, 9.17) is 5.11 Å². The van der Waals surface area contributed by atoms with Crippen molar-refractivity contribution in [2.75, 3.05) is 13.2 Å². The van der Waals surface area contributed by atoms with Crippen LogP contribution in [0, 0.1) is 20.2 Å². The second-order valence-corrected chi connectivity index (χ2v) is 2.89. The van der Waals surface area contributed by atoms with E-state index in [1.54, 1.807) is 0 Å². The van der Waals surface area contributed by atoms with Crippen LogP contribution in [-0.4, -0.2) is 39.7 Å². The minimum atomic E-state index is -2.64. The van der Waals surface area contributed by atoms with Crippen molar-refractivity contribution in [1.29, 1.82) is 0 Å². The molecule has 0 spiro atoms. The highest BCUT2D eigenvalue weighted by Gasteiger charge is 2.55. The SMILES string of the molecule is CC(=O)NCCC(CO)([N+](=O)[O-])[N+](=O)[O-]. The smallest absolute Gasteiger partial charge is 0.382 e. The Kier molecular flexibility index (Phi) is 4.58. The molecule has 0 aromatic carbocycles. The molecule has 0 rings (SSSR count). The van der Waals surface area contributed by atoms with Crippen molar-refractivity contribution in [3.8, 4) is 0 Å². The summed E-state index contributed by atoms with van der Waals surface area (Å²) in [5.41, 5.74) is -2.64. The summed E-state index contributed by atoms with van der Waals surface area (Å²) in [4.78, 5) is 29.1. The molecule has 0 fully saturated rings. The fourth-order valence-electron chi connectivity index (χ4n) is 0.882. The van der Waals surface area contributed by atoms with Crippen molar-refractivity contribution in [1.82, 2.24) is 5.32 Å². The summed E-state index contributed by atoms with van der Waals surface area (Å²) in [6.07, 6.45) is -0.566. The van der Waals surface area contributed by atoms with Gasteiger partial charge in [-0.25, -0.2) is 0 Å². The van der Waals surface area contributed by atoms with Gasteiger partial charge < -0.3 is 10.4 Å². The Bertz CT molecular complexity index is 264. The quantitative estimate of drug-likeness (QED) is 0.327. The minimum Gasteiger partial charge on any atom is -0.382 e. The van der Waals surface area contributed by atoms with Gasteiger partial charge in [0.15, 0.2) is 6.61 Å². The van der Waals surface area contributed by atoms with E-state index in [0.29, 0.717) is 0 Å². The average Bonchev–Trinajstić information content (AvgIpc) is 2.10. The number of nitro groups is 2. The molecule has 0 aliphatic heterocycles. The first-order chi connectivity index (χ1) is 6.86. The Balaban J connectivity index is 4.57. The first-order valence-corrected chi connectivity index (χ1v) is 4.01. The monoisotopic (exact) mass is 221 g/mol. The fraction of sp³-hybridized carbons (Fsp3) is 0.833. The van der Waals surface area contributed by atoms with Crippen molar-refractivity contribution in [2.24, 2.45) is 0 Å². The molecule has 0 aliphatic rings. The van der Waals surface area contributed by atoms with Gasteiger partial charge >= 0.3 is 5.66 Å². The van der Waals surface area contributed by atoms with Crippen LogP contribution in [0.4, 0.5) is 0 Å². The van der Waals surface area contributed by atoms with Gasteiger partial charge in [0.25, 0.3) is 0 Å². The second kappa shape index (κ2) is 5.20. The van der Waals surface area contributed by atoms with Gasteiger partial charge in [0, 0.05) is 13.5 Å². The summed E-state index contributed by atoms with van der Waals surface area (Å²) in [6.45, 7) is -0.274. The van der Waals surface area contributed by atoms with Gasteiger partial charge in [-0.2, -0.15) is 0 Å². The molecule has 0 aromatic rings. The number of aliphatic hydroxyl groups excluding tert-OH is 1. The molecular formula is C6H11N3O6. The molecule has 0 radical (unpaired) electrons. The van der Waals surface area contributed by atoms with Gasteiger partial charge in [-0.1, -0.05) is 0 Å². The van der Waals surface area contributed by atoms with E-state index in [9.17, 15) is 25.0 Å². The van der Waals surface area contributed by atoms with Crippen molar-refractivity contribution in [3.05, 3.63) is 20.2 Å². The molecule has 0 heterocycles. The summed E-state index contributed by atoms with van der Waals surface area (Å²) in [7, 11) is 0. The lowest BCUT2D eigenvalue weighted by Gasteiger charge is -2.14. The largest absolute Gasteiger partial charge is 0.482 e. The van der Waals surface area contributed by atoms with E-state index in [1.165, 1.54) is 6.92 Å². The standard InChI is InChI=1S/C6H11N3O6/c1-5(11)7-3-2-6(4-10,8(12)13)9(14)15/h10H,2-4H2,1H3,(H,7,11). The highest BCUT2D eigenvalue weighted by Crippen LogP contribution is 2.14. The highest BCUT2D eigenvalue weighted by molar-refractivity contribution is 5.72. The van der Waals surface area contributed by atoms with Crippen molar-refractivity contribution < 1.29 is 19.7 Å². The molecule has 0 aromatic heterocycles. The zero-order valence-corrected chi connectivity index (χ0v) is 8.00. The number of amides is 1. The zero-order valence-electron chi connectivity index (χ0n) is 8.00. The van der Waals surface area contributed by atoms with Gasteiger partial charge in [-0.05, 0) is 0 Å². The van der Waals surface area contributed by atoms with Crippen LogP contribution in [0.1, 0.15) is 13.3 Å². The predicted molar refractivity (Wildman–Crippen MR) is 47.1 cm³/mol. The van der Waals surface area contributed by atoms with Crippen LogP contribution in [0.5, 0.6) is 0 Å². The summed E-state index contributed by atoms with van der Waals surface area (Å²) < 4.78 is 0. The van der Waals surface area contributed by atoms with Gasteiger partial charge in [0.05, 0.1) is 0 Å². The lowest BCUT2D eigenvalue weighted by molar-refractivity contribution is -0.799. The lowest BCUT2D eigenvalue weighted by Crippen LogP contribution is -2.51. The van der Waals surface area contributed by atoms with E-state index in [-0.39, 0.29) is 6.54 Å². The van der Waals surface area contributed by atoms with Crippen LogP contribution < -0.4 is 5.32 Å². The number of nitrogens with one attached hydrogen (secondary N) is 1. The Morgan fingerprint density at radius 3 is 2.13 bits per heavy atom. The summed E-state index contributed by atoms with van der Waals surface area (Å²) in [6, 6.07) is 0. The number of aliphatic hydroxyl groups is 1. The third kappa shape index (κ3) is 3.13. The van der Waals surface area contributed by atoms with Crippen LogP contribution >= 0.6 is 0 Å². The molecule has 0 saturated heterocycles. The summed E-state index contributed by atoms with van der Waals surface area (Å²) in [5, 5.41) is 31.8. The maximum atomic E-state index is 10.5. The van der Waals surface area contributed by atoms with E-state index < -0.39 is 34.4 Å². The topological polar surface area (TPSA) is 136 Å². The minimum absolute atomic E-state index is 0.238. The lowest BCUT2D eigenvalue weighted by atomic mass is 10.1. The second-order valence-electron chi connectivity index (χ2n) is 2.89. The third-order valence-electron chi connectivity index (χ3n) is 1.83. The molecule has 0 bridgehead atoms. The fourth-order valence-corrected chi connectivity index (χ4v) is 0.882. The zero-order chi connectivity index (χ0) is 12.1. The van der Waals surface area contributed by atoms with E-state index in [1.807, 2.05) is 0 Å². The van der Waals surface area contributed by atoms with Crippen molar-refractivity contribution in [3.63, 3.8) is 0 Å². The molecule has 0 aliphatic carbocycles. The number of carbonyl (C=O) groups excluding carboxylic acids is 1. The Labute approximate surface area is 84.4 Å². The first kappa shape index (κ1) is 13.2. The Morgan fingerprint density at radius 1 is 1.40 bits per heavy atom. The molecule has 9 heteroatoms. The highest BCUT2D eigenvalue weighted by atomic mass is 16.7. The molecular weight excluding hydrogens is 210 g/mol. The van der Waals surface area contributed by atoms with Crippen molar-refractivity contribution in [2.45, 2.75) is 19.0 Å². The molecule has 0 saturated carbocycles. The molecule has 0 atom stereocenters. The maximum absolute atomic E-state index is 10.5. The van der Waals surface area contributed by atoms with Gasteiger partial charge in [-0.15, -0.1) is 0 Å². The molecule has 2 N–H and O–H groups in total. The first-order valence-electron chi connectivity index (χ1n) is 4.01. The molecule has 9 nitrogen and oxygen atoms in total. The van der Waals surface area contributed by atoms with Crippen molar-refractivity contribution >= 4 is 5.91 Å². The van der Waals surface area contributed by atoms with Gasteiger partial charge in [0.2, 0.25) is 5.91 Å². The van der Waals surface area contributed by atoms with Crippen LogP contribution in [-0.2, 0) is 4.79 Å². The Hall–Kier alpha value is -1.77. The van der Waals surface area contributed by atoms with Crippen LogP contribution in [0.25, 0.3) is 0 Å². The summed E-state index contributed by atoms with van der Waals surface area (Å²) in [5.74, 6) is -0.450. The van der Waals surface area contributed by atoms with Crippen LogP contribution in [0.15, 0.2) is 0 Å². The maximum Gasteiger partial charge on any atom is 0.482 e.